The number of rotatable bonds is 5. The molecule has 0 fully saturated rings. The number of hydrogen-bond donors (Lipinski definition) is 2. The SMILES string of the molecule is CNC(=O)C(O)c1ccccc1COc1cccc(C)c1. The number of nitrogens with one attached hydrogen (secondary N) is 1. The predicted molar refractivity (Wildman–Crippen MR) is 81.0 cm³/mol. The van der Waals surface area contributed by atoms with Gasteiger partial charge in [0.05, 0.1) is 0 Å². The van der Waals surface area contributed by atoms with Crippen molar-refractivity contribution < 1.29 is 14.6 Å². The predicted octanol–water partition coefficient (Wildman–Crippen LogP) is 2.35. The number of likely N-dealkylation sites (N-methyl/N-ethyl adjacent to an activating group) is 1. The summed E-state index contributed by atoms with van der Waals surface area (Å²) in [5.74, 6) is 0.331. The van der Waals surface area contributed by atoms with Gasteiger partial charge in [-0.3, -0.25) is 4.79 Å². The first-order valence-electron chi connectivity index (χ1n) is 6.78. The van der Waals surface area contributed by atoms with E-state index in [0.717, 1.165) is 16.9 Å². The van der Waals surface area contributed by atoms with Crippen LogP contribution in [0.3, 0.4) is 0 Å². The average Bonchev–Trinajstić information content (AvgIpc) is 2.52. The van der Waals surface area contributed by atoms with Crippen LogP contribution in [0.5, 0.6) is 5.75 Å². The fourth-order valence-corrected chi connectivity index (χ4v) is 2.08. The summed E-state index contributed by atoms with van der Waals surface area (Å²) in [5, 5.41) is 12.5. The molecule has 4 nitrogen and oxygen atoms in total. The van der Waals surface area contributed by atoms with Crippen molar-refractivity contribution in [3.8, 4) is 5.75 Å². The van der Waals surface area contributed by atoms with Crippen molar-refractivity contribution >= 4 is 5.91 Å². The molecule has 0 aliphatic heterocycles. The largest absolute Gasteiger partial charge is 0.489 e. The number of aliphatic hydroxyl groups excluding tert-OH is 1. The highest BCUT2D eigenvalue weighted by atomic mass is 16.5. The number of amides is 1. The molecule has 1 unspecified atom stereocenters. The maximum atomic E-state index is 11.6. The number of ether oxygens (including phenoxy) is 1. The number of aliphatic hydroxyl groups is 1. The summed E-state index contributed by atoms with van der Waals surface area (Å²) in [6, 6.07) is 15.0. The molecule has 2 N–H and O–H groups in total. The van der Waals surface area contributed by atoms with Crippen LogP contribution in [0.4, 0.5) is 0 Å². The van der Waals surface area contributed by atoms with Crippen LogP contribution in [0.1, 0.15) is 22.8 Å². The molecule has 0 saturated carbocycles. The Morgan fingerprint density at radius 1 is 1.24 bits per heavy atom. The summed E-state index contributed by atoms with van der Waals surface area (Å²) in [5.41, 5.74) is 2.46. The molecule has 0 aromatic heterocycles. The molecule has 2 aromatic carbocycles. The molecule has 0 saturated heterocycles. The van der Waals surface area contributed by atoms with Gasteiger partial charge in [-0.25, -0.2) is 0 Å². The highest BCUT2D eigenvalue weighted by molar-refractivity contribution is 5.82. The van der Waals surface area contributed by atoms with Crippen molar-refractivity contribution in [2.75, 3.05) is 7.05 Å². The van der Waals surface area contributed by atoms with E-state index in [4.69, 9.17) is 4.74 Å². The lowest BCUT2D eigenvalue weighted by Crippen LogP contribution is -2.26. The van der Waals surface area contributed by atoms with Crippen molar-refractivity contribution in [2.45, 2.75) is 19.6 Å². The van der Waals surface area contributed by atoms with Crippen molar-refractivity contribution in [3.05, 3.63) is 65.2 Å². The molecular formula is C17H19NO3. The maximum absolute atomic E-state index is 11.6. The van der Waals surface area contributed by atoms with Crippen LogP contribution in [0, 0.1) is 6.92 Å². The summed E-state index contributed by atoms with van der Waals surface area (Å²) >= 11 is 0. The van der Waals surface area contributed by atoms with E-state index in [1.165, 1.54) is 7.05 Å². The normalized spacial score (nSPS) is 11.8. The van der Waals surface area contributed by atoms with E-state index in [9.17, 15) is 9.90 Å². The zero-order valence-corrected chi connectivity index (χ0v) is 12.2. The average molecular weight is 285 g/mol. The molecular weight excluding hydrogens is 266 g/mol. The third-order valence-electron chi connectivity index (χ3n) is 3.23. The van der Waals surface area contributed by atoms with Crippen molar-refractivity contribution in [2.24, 2.45) is 0 Å². The zero-order chi connectivity index (χ0) is 15.2. The van der Waals surface area contributed by atoms with Gasteiger partial charge in [-0.1, -0.05) is 36.4 Å². The van der Waals surface area contributed by atoms with Crippen LogP contribution in [0.25, 0.3) is 0 Å². The number of hydrogen-bond acceptors (Lipinski definition) is 3. The van der Waals surface area contributed by atoms with Crippen LogP contribution in [-0.4, -0.2) is 18.1 Å². The van der Waals surface area contributed by atoms with Gasteiger partial charge in [-0.2, -0.15) is 0 Å². The summed E-state index contributed by atoms with van der Waals surface area (Å²) in [4.78, 5) is 11.6. The fourth-order valence-electron chi connectivity index (χ4n) is 2.08. The van der Waals surface area contributed by atoms with Crippen LogP contribution < -0.4 is 10.1 Å². The molecule has 0 radical (unpaired) electrons. The Kier molecular flexibility index (Phi) is 4.95. The van der Waals surface area contributed by atoms with E-state index in [1.807, 2.05) is 43.3 Å². The van der Waals surface area contributed by atoms with E-state index in [2.05, 4.69) is 5.32 Å². The van der Waals surface area contributed by atoms with Gasteiger partial charge < -0.3 is 15.2 Å². The molecule has 2 rings (SSSR count). The van der Waals surface area contributed by atoms with Gasteiger partial charge in [0.1, 0.15) is 12.4 Å². The van der Waals surface area contributed by atoms with E-state index in [0.29, 0.717) is 12.2 Å². The minimum atomic E-state index is -1.19. The zero-order valence-electron chi connectivity index (χ0n) is 12.2. The van der Waals surface area contributed by atoms with Gasteiger partial charge >= 0.3 is 0 Å². The number of aryl methyl sites for hydroxylation is 1. The van der Waals surface area contributed by atoms with Gasteiger partial charge in [0.2, 0.25) is 0 Å². The standard InChI is InChI=1S/C17H19NO3/c1-12-6-5-8-14(10-12)21-11-13-7-3-4-9-15(13)16(19)17(20)18-2/h3-10,16,19H,11H2,1-2H3,(H,18,20). The van der Waals surface area contributed by atoms with Gasteiger partial charge in [0, 0.05) is 7.05 Å². The quantitative estimate of drug-likeness (QED) is 0.886. The number of carbonyl (C=O) groups is 1. The second-order valence-electron chi connectivity index (χ2n) is 4.82. The Hall–Kier alpha value is -2.33. The summed E-state index contributed by atoms with van der Waals surface area (Å²) in [6.07, 6.45) is -1.19. The van der Waals surface area contributed by atoms with Gasteiger partial charge in [0.15, 0.2) is 6.10 Å². The Labute approximate surface area is 124 Å². The van der Waals surface area contributed by atoms with Crippen molar-refractivity contribution in [3.63, 3.8) is 0 Å². The van der Waals surface area contributed by atoms with E-state index < -0.39 is 12.0 Å². The molecule has 0 heterocycles. The lowest BCUT2D eigenvalue weighted by atomic mass is 10.0. The van der Waals surface area contributed by atoms with Crippen LogP contribution in [0.15, 0.2) is 48.5 Å². The Balaban J connectivity index is 2.15. The molecule has 21 heavy (non-hydrogen) atoms. The Morgan fingerprint density at radius 2 is 2.00 bits per heavy atom. The molecule has 110 valence electrons. The van der Waals surface area contributed by atoms with E-state index >= 15 is 0 Å². The minimum Gasteiger partial charge on any atom is -0.489 e. The molecule has 0 aliphatic rings. The topological polar surface area (TPSA) is 58.6 Å². The van der Waals surface area contributed by atoms with E-state index in [-0.39, 0.29) is 0 Å². The summed E-state index contributed by atoms with van der Waals surface area (Å²) in [7, 11) is 1.50. The van der Waals surface area contributed by atoms with Crippen molar-refractivity contribution in [1.82, 2.24) is 5.32 Å². The molecule has 1 atom stereocenters. The highest BCUT2D eigenvalue weighted by Gasteiger charge is 2.18. The third kappa shape index (κ3) is 3.83. The molecule has 0 aliphatic carbocycles. The molecule has 0 bridgehead atoms. The monoisotopic (exact) mass is 285 g/mol. The lowest BCUT2D eigenvalue weighted by Gasteiger charge is -2.15. The number of benzene rings is 2. The fraction of sp³-hybridized carbons (Fsp3) is 0.235. The maximum Gasteiger partial charge on any atom is 0.253 e. The minimum absolute atomic E-state index is 0.299. The second-order valence-corrected chi connectivity index (χ2v) is 4.82. The van der Waals surface area contributed by atoms with Crippen molar-refractivity contribution in [1.29, 1.82) is 0 Å². The van der Waals surface area contributed by atoms with Gasteiger partial charge in [-0.05, 0) is 35.7 Å². The van der Waals surface area contributed by atoms with Gasteiger partial charge in [0.25, 0.3) is 5.91 Å². The smallest absolute Gasteiger partial charge is 0.253 e. The summed E-state index contributed by atoms with van der Waals surface area (Å²) in [6.45, 7) is 2.30. The second kappa shape index (κ2) is 6.90. The summed E-state index contributed by atoms with van der Waals surface area (Å²) < 4.78 is 5.73. The lowest BCUT2D eigenvalue weighted by molar-refractivity contribution is -0.129. The first kappa shape index (κ1) is 15.1. The van der Waals surface area contributed by atoms with Crippen LogP contribution in [0.2, 0.25) is 0 Å². The molecule has 2 aromatic rings. The molecule has 0 spiro atoms. The molecule has 4 heteroatoms. The third-order valence-corrected chi connectivity index (χ3v) is 3.23. The van der Waals surface area contributed by atoms with E-state index in [1.54, 1.807) is 12.1 Å². The molecule has 1 amide bonds. The van der Waals surface area contributed by atoms with Gasteiger partial charge in [-0.15, -0.1) is 0 Å². The highest BCUT2D eigenvalue weighted by Crippen LogP contribution is 2.21. The Bertz CT molecular complexity index is 625. The first-order chi connectivity index (χ1) is 10.1. The Morgan fingerprint density at radius 3 is 2.71 bits per heavy atom. The van der Waals surface area contributed by atoms with Crippen LogP contribution in [-0.2, 0) is 11.4 Å². The number of carbonyl (C=O) groups excluding carboxylic acids is 1. The van der Waals surface area contributed by atoms with Crippen LogP contribution >= 0.6 is 0 Å². The first-order valence-corrected chi connectivity index (χ1v) is 6.78.